The van der Waals surface area contributed by atoms with Crippen molar-refractivity contribution in [2.24, 2.45) is 0 Å². The molecule has 0 spiro atoms. The number of ether oxygens (including phenoxy) is 1. The maximum absolute atomic E-state index is 14.5. The van der Waals surface area contributed by atoms with Crippen molar-refractivity contribution in [1.29, 1.82) is 0 Å². The second-order valence-electron chi connectivity index (χ2n) is 6.43. The lowest BCUT2D eigenvalue weighted by Crippen LogP contribution is -2.24. The zero-order valence-corrected chi connectivity index (χ0v) is 15.3. The molecule has 7 heteroatoms. The number of benzene rings is 3. The Labute approximate surface area is 163 Å². The number of hydrogen-bond donors (Lipinski definition) is 0. The van der Waals surface area contributed by atoms with Gasteiger partial charge < -0.3 is 4.74 Å². The molecule has 0 amide bonds. The van der Waals surface area contributed by atoms with Crippen molar-refractivity contribution < 1.29 is 31.1 Å². The van der Waals surface area contributed by atoms with Crippen LogP contribution in [0.2, 0.25) is 0 Å². The monoisotopic (exact) mass is 410 g/mol. The van der Waals surface area contributed by atoms with E-state index < -0.39 is 40.7 Å². The Morgan fingerprint density at radius 2 is 1.48 bits per heavy atom. The molecule has 0 aliphatic carbocycles. The van der Waals surface area contributed by atoms with Crippen LogP contribution < -0.4 is 4.74 Å². The number of aryl methyl sites for hydroxylation is 1. The van der Waals surface area contributed by atoms with E-state index in [1.807, 2.05) is 6.92 Å². The molecule has 0 N–H and O–H groups in total. The van der Waals surface area contributed by atoms with Gasteiger partial charge in [-0.1, -0.05) is 43.7 Å². The zero-order valence-electron chi connectivity index (χ0n) is 15.3. The van der Waals surface area contributed by atoms with E-state index >= 15 is 0 Å². The van der Waals surface area contributed by atoms with Crippen molar-refractivity contribution >= 4 is 0 Å². The number of halogens is 6. The van der Waals surface area contributed by atoms with E-state index in [-0.39, 0.29) is 5.56 Å². The molecule has 0 saturated heterocycles. The highest BCUT2D eigenvalue weighted by atomic mass is 19.3. The van der Waals surface area contributed by atoms with Crippen molar-refractivity contribution in [2.75, 3.05) is 0 Å². The molecule has 0 bridgehead atoms. The molecule has 29 heavy (non-hydrogen) atoms. The lowest BCUT2D eigenvalue weighted by atomic mass is 10.00. The van der Waals surface area contributed by atoms with Gasteiger partial charge in [-0.25, -0.2) is 17.6 Å². The van der Waals surface area contributed by atoms with Gasteiger partial charge in [-0.2, -0.15) is 8.78 Å². The van der Waals surface area contributed by atoms with Gasteiger partial charge in [0, 0.05) is 11.6 Å². The summed E-state index contributed by atoms with van der Waals surface area (Å²) < 4.78 is 88.0. The first-order chi connectivity index (χ1) is 13.7. The Morgan fingerprint density at radius 3 is 2.10 bits per heavy atom. The molecule has 0 unspecified atom stereocenters. The fourth-order valence-corrected chi connectivity index (χ4v) is 2.88. The minimum Gasteiger partial charge on any atom is -0.429 e. The molecule has 0 atom stereocenters. The lowest BCUT2D eigenvalue weighted by molar-refractivity contribution is -0.187. The maximum atomic E-state index is 14.5. The highest BCUT2D eigenvalue weighted by molar-refractivity contribution is 5.65. The van der Waals surface area contributed by atoms with Crippen molar-refractivity contribution in [3.63, 3.8) is 0 Å². The molecule has 0 saturated carbocycles. The first kappa shape index (κ1) is 20.8. The van der Waals surface area contributed by atoms with Crippen LogP contribution in [-0.2, 0) is 12.5 Å². The highest BCUT2D eigenvalue weighted by Gasteiger charge is 2.39. The fraction of sp³-hybridized carbons (Fsp3) is 0.182. The fourth-order valence-electron chi connectivity index (χ4n) is 2.88. The summed E-state index contributed by atoms with van der Waals surface area (Å²) in [6.45, 7) is 2.00. The van der Waals surface area contributed by atoms with Gasteiger partial charge in [0.15, 0.2) is 23.3 Å². The SMILES string of the molecule is CCCc1ccc(-c2ccc(C(F)(F)Oc3ccc(F)c(F)c3)c(F)c2F)cc1. The third-order valence-corrected chi connectivity index (χ3v) is 4.34. The molecule has 1 nitrogen and oxygen atoms in total. The van der Waals surface area contributed by atoms with E-state index in [2.05, 4.69) is 4.74 Å². The van der Waals surface area contributed by atoms with E-state index in [1.54, 1.807) is 24.3 Å². The van der Waals surface area contributed by atoms with Crippen molar-refractivity contribution in [3.8, 4) is 16.9 Å². The van der Waals surface area contributed by atoms with Crippen LogP contribution >= 0.6 is 0 Å². The molecule has 0 fully saturated rings. The molecule has 152 valence electrons. The third-order valence-electron chi connectivity index (χ3n) is 4.34. The summed E-state index contributed by atoms with van der Waals surface area (Å²) in [5, 5.41) is 0. The largest absolute Gasteiger partial charge is 0.429 e. The second-order valence-corrected chi connectivity index (χ2v) is 6.43. The average Bonchev–Trinajstić information content (AvgIpc) is 2.67. The minimum absolute atomic E-state index is 0.182. The second kappa shape index (κ2) is 8.19. The standard InChI is InChI=1S/C22H16F6O/c1-2-3-13-4-6-14(7-5-13)16-9-10-17(21(26)20(16)25)22(27,28)29-15-8-11-18(23)19(24)12-15/h4-12H,2-3H2,1H3. The van der Waals surface area contributed by atoms with Gasteiger partial charge >= 0.3 is 6.11 Å². The van der Waals surface area contributed by atoms with Crippen LogP contribution in [0.25, 0.3) is 11.1 Å². The average molecular weight is 410 g/mol. The Hall–Kier alpha value is -2.96. The molecule has 0 aliphatic heterocycles. The number of rotatable bonds is 6. The van der Waals surface area contributed by atoms with Gasteiger partial charge in [0.25, 0.3) is 0 Å². The quantitative estimate of drug-likeness (QED) is 0.398. The number of hydrogen-bond acceptors (Lipinski definition) is 1. The summed E-state index contributed by atoms with van der Waals surface area (Å²) in [5.74, 6) is -6.64. The molecule has 0 aliphatic rings. The molecular formula is C22H16F6O. The molecule has 3 aromatic rings. The van der Waals surface area contributed by atoms with E-state index in [0.717, 1.165) is 30.5 Å². The Balaban J connectivity index is 1.92. The maximum Gasteiger partial charge on any atom is 0.429 e. The predicted octanol–water partition coefficient (Wildman–Crippen LogP) is 6.99. The van der Waals surface area contributed by atoms with Crippen LogP contribution in [0.3, 0.4) is 0 Å². The summed E-state index contributed by atoms with van der Waals surface area (Å²) in [5.41, 5.74) is -0.193. The Morgan fingerprint density at radius 1 is 0.793 bits per heavy atom. The summed E-state index contributed by atoms with van der Waals surface area (Å²) in [7, 11) is 0. The Bertz CT molecular complexity index is 1010. The molecule has 3 rings (SSSR count). The van der Waals surface area contributed by atoms with E-state index in [0.29, 0.717) is 23.8 Å². The lowest BCUT2D eigenvalue weighted by Gasteiger charge is -2.20. The van der Waals surface area contributed by atoms with Crippen molar-refractivity contribution in [2.45, 2.75) is 25.9 Å². The number of alkyl halides is 2. The summed E-state index contributed by atoms with van der Waals surface area (Å²) in [6, 6.07) is 10.1. The van der Waals surface area contributed by atoms with Gasteiger partial charge in [-0.05, 0) is 35.7 Å². The predicted molar refractivity (Wildman–Crippen MR) is 96.7 cm³/mol. The highest BCUT2D eigenvalue weighted by Crippen LogP contribution is 2.37. The van der Waals surface area contributed by atoms with Crippen LogP contribution in [0.1, 0.15) is 24.5 Å². The van der Waals surface area contributed by atoms with Crippen LogP contribution in [0.5, 0.6) is 5.75 Å². The first-order valence-corrected chi connectivity index (χ1v) is 8.82. The van der Waals surface area contributed by atoms with Crippen LogP contribution in [0.15, 0.2) is 54.6 Å². The van der Waals surface area contributed by atoms with E-state index in [9.17, 15) is 26.3 Å². The van der Waals surface area contributed by atoms with E-state index in [1.165, 1.54) is 0 Å². The molecular weight excluding hydrogens is 394 g/mol. The smallest absolute Gasteiger partial charge is 0.429 e. The molecule has 3 aromatic carbocycles. The normalized spacial score (nSPS) is 11.6. The summed E-state index contributed by atoms with van der Waals surface area (Å²) in [4.78, 5) is 0. The van der Waals surface area contributed by atoms with Crippen LogP contribution in [0.4, 0.5) is 26.3 Å². The summed E-state index contributed by atoms with van der Waals surface area (Å²) >= 11 is 0. The zero-order chi connectivity index (χ0) is 21.2. The van der Waals surface area contributed by atoms with Crippen LogP contribution in [-0.4, -0.2) is 0 Å². The minimum atomic E-state index is -4.31. The van der Waals surface area contributed by atoms with Gasteiger partial charge in [0.2, 0.25) is 0 Å². The first-order valence-electron chi connectivity index (χ1n) is 8.82. The third kappa shape index (κ3) is 4.39. The van der Waals surface area contributed by atoms with Crippen molar-refractivity contribution in [3.05, 3.63) is 89.0 Å². The van der Waals surface area contributed by atoms with Gasteiger partial charge in [0.1, 0.15) is 11.3 Å². The van der Waals surface area contributed by atoms with Crippen molar-refractivity contribution in [1.82, 2.24) is 0 Å². The molecule has 0 heterocycles. The van der Waals surface area contributed by atoms with Gasteiger partial charge in [-0.15, -0.1) is 0 Å². The summed E-state index contributed by atoms with van der Waals surface area (Å²) in [6.07, 6.45) is -2.56. The van der Waals surface area contributed by atoms with E-state index in [4.69, 9.17) is 0 Å². The van der Waals surface area contributed by atoms with Gasteiger partial charge in [-0.3, -0.25) is 0 Å². The topological polar surface area (TPSA) is 9.23 Å². The molecule has 0 aromatic heterocycles. The van der Waals surface area contributed by atoms with Crippen LogP contribution in [0, 0.1) is 23.3 Å². The van der Waals surface area contributed by atoms with Gasteiger partial charge in [0.05, 0.1) is 0 Å². The Kier molecular flexibility index (Phi) is 5.86. The molecule has 0 radical (unpaired) electrons.